The van der Waals surface area contributed by atoms with Gasteiger partial charge in [-0.1, -0.05) is 30.4 Å². The van der Waals surface area contributed by atoms with Crippen molar-refractivity contribution >= 4 is 28.8 Å². The van der Waals surface area contributed by atoms with Crippen LogP contribution < -0.4 is 15.8 Å². The van der Waals surface area contributed by atoms with Gasteiger partial charge in [-0.05, 0) is 24.3 Å². The fourth-order valence-electron chi connectivity index (χ4n) is 1.65. The number of carbonyl (C=O) groups is 1. The molecular weight excluding hydrogens is 291 g/mol. The minimum Gasteiger partial charge on any atom is -0.484 e. The number of carbonyl (C=O) groups excluding carboxylic acids is 1. The van der Waals surface area contributed by atoms with E-state index in [1.54, 1.807) is 30.3 Å². The number of hydrogen-bond acceptors (Lipinski definition) is 3. The van der Waals surface area contributed by atoms with Crippen LogP contribution in [0.5, 0.6) is 5.75 Å². The van der Waals surface area contributed by atoms with Crippen LogP contribution in [0.2, 0.25) is 0 Å². The molecule has 0 fully saturated rings. The molecule has 1 amide bonds. The summed E-state index contributed by atoms with van der Waals surface area (Å²) in [6, 6.07) is 12.5. The van der Waals surface area contributed by atoms with E-state index in [1.165, 1.54) is 18.2 Å². The maximum atomic E-state index is 13.0. The molecule has 0 bridgehead atoms. The molecule has 0 aromatic heterocycles. The van der Waals surface area contributed by atoms with Gasteiger partial charge in [-0.3, -0.25) is 4.79 Å². The van der Waals surface area contributed by atoms with Crippen LogP contribution in [0.4, 0.5) is 10.1 Å². The number of ether oxygens (including phenoxy) is 1. The number of hydrogen-bond donors (Lipinski definition) is 2. The lowest BCUT2D eigenvalue weighted by Crippen LogP contribution is -2.20. The van der Waals surface area contributed by atoms with E-state index >= 15 is 0 Å². The average Bonchev–Trinajstić information content (AvgIpc) is 2.45. The maximum Gasteiger partial charge on any atom is 0.262 e. The van der Waals surface area contributed by atoms with E-state index in [4.69, 9.17) is 22.7 Å². The first kappa shape index (κ1) is 14.9. The van der Waals surface area contributed by atoms with Gasteiger partial charge in [0.1, 0.15) is 16.6 Å². The Kier molecular flexibility index (Phi) is 4.84. The Hall–Kier alpha value is -2.47. The van der Waals surface area contributed by atoms with Crippen molar-refractivity contribution in [3.8, 4) is 5.75 Å². The van der Waals surface area contributed by atoms with Gasteiger partial charge in [0.25, 0.3) is 5.91 Å². The van der Waals surface area contributed by atoms with Gasteiger partial charge in [0, 0.05) is 17.3 Å². The van der Waals surface area contributed by atoms with Gasteiger partial charge in [-0.15, -0.1) is 0 Å². The van der Waals surface area contributed by atoms with Crippen molar-refractivity contribution in [1.82, 2.24) is 0 Å². The second-order valence-electron chi connectivity index (χ2n) is 4.24. The molecule has 0 spiro atoms. The number of nitrogens with two attached hydrogens (primary N) is 1. The fraction of sp³-hybridized carbons (Fsp3) is 0.0667. The van der Waals surface area contributed by atoms with Crippen LogP contribution in [0.1, 0.15) is 5.56 Å². The summed E-state index contributed by atoms with van der Waals surface area (Å²) in [5.41, 5.74) is 6.74. The Morgan fingerprint density at radius 1 is 1.24 bits per heavy atom. The van der Waals surface area contributed by atoms with E-state index < -0.39 is 5.82 Å². The van der Waals surface area contributed by atoms with Gasteiger partial charge >= 0.3 is 0 Å². The van der Waals surface area contributed by atoms with Crippen molar-refractivity contribution in [3.05, 3.63) is 59.9 Å². The lowest BCUT2D eigenvalue weighted by atomic mass is 10.2. The number of benzene rings is 2. The topological polar surface area (TPSA) is 64.3 Å². The molecule has 0 saturated heterocycles. The molecular formula is C15H13FN2O2S. The quantitative estimate of drug-likeness (QED) is 0.833. The smallest absolute Gasteiger partial charge is 0.262 e. The lowest BCUT2D eigenvalue weighted by Gasteiger charge is -2.08. The summed E-state index contributed by atoms with van der Waals surface area (Å²) in [6.07, 6.45) is 0. The first-order valence-electron chi connectivity index (χ1n) is 6.12. The SMILES string of the molecule is NC(=S)c1cccc(NC(=O)COc2cccc(F)c2)c1. The minimum atomic E-state index is -0.419. The summed E-state index contributed by atoms with van der Waals surface area (Å²) in [4.78, 5) is 12.0. The zero-order chi connectivity index (χ0) is 15.2. The molecule has 2 aromatic carbocycles. The third-order valence-electron chi connectivity index (χ3n) is 2.60. The van der Waals surface area contributed by atoms with E-state index in [2.05, 4.69) is 5.32 Å². The van der Waals surface area contributed by atoms with Crippen molar-refractivity contribution in [2.75, 3.05) is 11.9 Å². The van der Waals surface area contributed by atoms with Crippen LogP contribution in [-0.2, 0) is 4.79 Å². The molecule has 108 valence electrons. The molecule has 0 aliphatic heterocycles. The Bertz CT molecular complexity index is 676. The molecule has 2 aromatic rings. The van der Waals surface area contributed by atoms with E-state index in [0.29, 0.717) is 17.0 Å². The first-order valence-corrected chi connectivity index (χ1v) is 6.53. The average molecular weight is 304 g/mol. The van der Waals surface area contributed by atoms with Crippen LogP contribution in [-0.4, -0.2) is 17.5 Å². The molecule has 0 saturated carbocycles. The predicted molar refractivity (Wildman–Crippen MR) is 82.9 cm³/mol. The summed E-state index contributed by atoms with van der Waals surface area (Å²) in [6.45, 7) is -0.221. The highest BCUT2D eigenvalue weighted by atomic mass is 32.1. The van der Waals surface area contributed by atoms with E-state index in [9.17, 15) is 9.18 Å². The summed E-state index contributed by atoms with van der Waals surface area (Å²) < 4.78 is 18.1. The Balaban J connectivity index is 1.93. The van der Waals surface area contributed by atoms with Gasteiger partial charge < -0.3 is 15.8 Å². The molecule has 21 heavy (non-hydrogen) atoms. The molecule has 0 aliphatic rings. The molecule has 0 atom stereocenters. The molecule has 0 radical (unpaired) electrons. The number of halogens is 1. The van der Waals surface area contributed by atoms with E-state index in [1.807, 2.05) is 0 Å². The third kappa shape index (κ3) is 4.54. The molecule has 0 unspecified atom stereocenters. The largest absolute Gasteiger partial charge is 0.484 e. The third-order valence-corrected chi connectivity index (χ3v) is 2.83. The molecule has 0 heterocycles. The highest BCUT2D eigenvalue weighted by Gasteiger charge is 2.05. The van der Waals surface area contributed by atoms with Crippen LogP contribution in [0.3, 0.4) is 0 Å². The molecule has 3 N–H and O–H groups in total. The van der Waals surface area contributed by atoms with Crippen molar-refractivity contribution < 1.29 is 13.9 Å². The Labute approximate surface area is 126 Å². The van der Waals surface area contributed by atoms with Gasteiger partial charge in [-0.25, -0.2) is 4.39 Å². The van der Waals surface area contributed by atoms with Gasteiger partial charge in [0.2, 0.25) is 0 Å². The second-order valence-corrected chi connectivity index (χ2v) is 4.68. The Morgan fingerprint density at radius 2 is 2.00 bits per heavy atom. The summed E-state index contributed by atoms with van der Waals surface area (Å²) >= 11 is 4.87. The van der Waals surface area contributed by atoms with Crippen molar-refractivity contribution in [1.29, 1.82) is 0 Å². The monoisotopic (exact) mass is 304 g/mol. The number of thiocarbonyl (C=S) groups is 1. The number of amides is 1. The van der Waals surface area contributed by atoms with Gasteiger partial charge in [0.05, 0.1) is 0 Å². The maximum absolute atomic E-state index is 13.0. The number of rotatable bonds is 5. The zero-order valence-corrected chi connectivity index (χ0v) is 11.8. The second kappa shape index (κ2) is 6.81. The molecule has 4 nitrogen and oxygen atoms in total. The van der Waals surface area contributed by atoms with Crippen LogP contribution in [0, 0.1) is 5.82 Å². The standard InChI is InChI=1S/C15H13FN2O2S/c16-11-4-2-6-13(8-11)20-9-14(19)18-12-5-1-3-10(7-12)15(17)21/h1-8H,9H2,(H2,17,21)(H,18,19). The van der Waals surface area contributed by atoms with Crippen LogP contribution in [0.15, 0.2) is 48.5 Å². The van der Waals surface area contributed by atoms with Crippen molar-refractivity contribution in [3.63, 3.8) is 0 Å². The van der Waals surface area contributed by atoms with Crippen molar-refractivity contribution in [2.45, 2.75) is 0 Å². The highest BCUT2D eigenvalue weighted by molar-refractivity contribution is 7.80. The lowest BCUT2D eigenvalue weighted by molar-refractivity contribution is -0.118. The van der Waals surface area contributed by atoms with E-state index in [0.717, 1.165) is 0 Å². The van der Waals surface area contributed by atoms with Gasteiger partial charge in [0.15, 0.2) is 6.61 Å². The summed E-state index contributed by atoms with van der Waals surface area (Å²) in [5, 5.41) is 2.65. The normalized spacial score (nSPS) is 9.95. The van der Waals surface area contributed by atoms with Crippen LogP contribution in [0.25, 0.3) is 0 Å². The highest BCUT2D eigenvalue weighted by Crippen LogP contribution is 2.13. The predicted octanol–water partition coefficient (Wildman–Crippen LogP) is 2.48. The molecule has 6 heteroatoms. The van der Waals surface area contributed by atoms with Crippen molar-refractivity contribution in [2.24, 2.45) is 5.73 Å². The summed E-state index contributed by atoms with van der Waals surface area (Å²) in [5.74, 6) is -0.488. The van der Waals surface area contributed by atoms with Crippen LogP contribution >= 0.6 is 12.2 Å². The Morgan fingerprint density at radius 3 is 2.71 bits per heavy atom. The minimum absolute atomic E-state index is 0.221. The van der Waals surface area contributed by atoms with Gasteiger partial charge in [-0.2, -0.15) is 0 Å². The fourth-order valence-corrected chi connectivity index (χ4v) is 1.78. The first-order chi connectivity index (χ1) is 10.0. The van der Waals surface area contributed by atoms with E-state index in [-0.39, 0.29) is 17.5 Å². The zero-order valence-electron chi connectivity index (χ0n) is 11.0. The number of anilines is 1. The molecule has 0 aliphatic carbocycles. The summed E-state index contributed by atoms with van der Waals surface area (Å²) in [7, 11) is 0. The molecule has 2 rings (SSSR count). The number of nitrogens with one attached hydrogen (secondary N) is 1.